The van der Waals surface area contributed by atoms with E-state index in [4.69, 9.17) is 0 Å². The Hall–Kier alpha value is -5.22. The van der Waals surface area contributed by atoms with Gasteiger partial charge in [0.05, 0.1) is 16.7 Å². The molecule has 0 saturated carbocycles. The monoisotopic (exact) mass is 552 g/mol. The SMILES string of the molecule is CC.CC.Oc1c(O)n(-c2ccccc2)c2ccc(-c3ccc4c(c3)cc(-c3ccccc3)n4-c3ccccc3)cc12. The standard InChI is InChI=1S/C34H24N2O2.2C2H6/c37-33-29-21-25(17-19-31(29)36(34(33)38)28-14-8-3-9-15-28)24-16-18-30-26(20-24)22-32(23-10-4-1-5-11-23)35(30)27-12-6-2-7-13-27;2*1-2/h1-22,37-38H;2*1-2H3. The first kappa shape index (κ1) is 28.3. The summed E-state index contributed by atoms with van der Waals surface area (Å²) < 4.78 is 3.96. The van der Waals surface area contributed by atoms with Gasteiger partial charge in [0, 0.05) is 22.1 Å². The van der Waals surface area contributed by atoms with Gasteiger partial charge in [0.25, 0.3) is 0 Å². The third kappa shape index (κ3) is 5.04. The molecule has 0 amide bonds. The second kappa shape index (κ2) is 12.5. The van der Waals surface area contributed by atoms with E-state index in [2.05, 4.69) is 77.4 Å². The summed E-state index contributed by atoms with van der Waals surface area (Å²) in [5, 5.41) is 23.3. The van der Waals surface area contributed by atoms with E-state index in [1.165, 1.54) is 0 Å². The van der Waals surface area contributed by atoms with Crippen molar-refractivity contribution < 1.29 is 10.2 Å². The van der Waals surface area contributed by atoms with Crippen LogP contribution in [0.1, 0.15) is 27.7 Å². The quantitative estimate of drug-likeness (QED) is 0.228. The molecule has 0 aliphatic carbocycles. The second-order valence-corrected chi connectivity index (χ2v) is 9.42. The predicted octanol–water partition coefficient (Wildman–Crippen LogP) is 10.4. The molecule has 0 unspecified atom stereocenters. The Bertz CT molecular complexity index is 1920. The average molecular weight is 553 g/mol. The zero-order chi connectivity index (χ0) is 29.6. The Morgan fingerprint density at radius 3 is 1.55 bits per heavy atom. The highest BCUT2D eigenvalue weighted by molar-refractivity contribution is 5.97. The van der Waals surface area contributed by atoms with Gasteiger partial charge in [-0.25, -0.2) is 0 Å². The lowest BCUT2D eigenvalue weighted by atomic mass is 10.0. The minimum absolute atomic E-state index is 0.117. The molecule has 7 rings (SSSR count). The van der Waals surface area contributed by atoms with Crippen molar-refractivity contribution in [2.75, 3.05) is 0 Å². The summed E-state index contributed by atoms with van der Waals surface area (Å²) in [4.78, 5) is 0. The minimum atomic E-state index is -0.161. The highest BCUT2D eigenvalue weighted by atomic mass is 16.3. The Kier molecular flexibility index (Phi) is 8.44. The van der Waals surface area contributed by atoms with Gasteiger partial charge in [0.15, 0.2) is 5.75 Å². The molecule has 0 fully saturated rings. The summed E-state index contributed by atoms with van der Waals surface area (Å²) in [5.41, 5.74) is 8.05. The fourth-order valence-electron chi connectivity index (χ4n) is 5.35. The molecule has 0 bridgehead atoms. The van der Waals surface area contributed by atoms with Gasteiger partial charge in [-0.05, 0) is 71.3 Å². The van der Waals surface area contributed by atoms with E-state index >= 15 is 0 Å². The van der Waals surface area contributed by atoms with Gasteiger partial charge in [-0.3, -0.25) is 4.57 Å². The summed E-state index contributed by atoms with van der Waals surface area (Å²) in [6.07, 6.45) is 0. The number of hydrogen-bond donors (Lipinski definition) is 2. The van der Waals surface area contributed by atoms with Crippen molar-refractivity contribution in [3.63, 3.8) is 0 Å². The van der Waals surface area contributed by atoms with Crippen LogP contribution in [0.5, 0.6) is 11.6 Å². The van der Waals surface area contributed by atoms with Crippen molar-refractivity contribution in [1.29, 1.82) is 0 Å². The molecule has 210 valence electrons. The lowest BCUT2D eigenvalue weighted by molar-refractivity contribution is 0.390. The van der Waals surface area contributed by atoms with Crippen LogP contribution in [0.4, 0.5) is 0 Å². The molecule has 2 N–H and O–H groups in total. The summed E-state index contributed by atoms with van der Waals surface area (Å²) in [7, 11) is 0. The topological polar surface area (TPSA) is 50.3 Å². The van der Waals surface area contributed by atoms with Crippen molar-refractivity contribution in [3.05, 3.63) is 133 Å². The first-order chi connectivity index (χ1) is 20.7. The lowest BCUT2D eigenvalue weighted by Crippen LogP contribution is -1.96. The van der Waals surface area contributed by atoms with Crippen molar-refractivity contribution in [2.45, 2.75) is 27.7 Å². The molecule has 0 aliphatic heterocycles. The van der Waals surface area contributed by atoms with Crippen LogP contribution in [-0.4, -0.2) is 19.3 Å². The van der Waals surface area contributed by atoms with E-state index < -0.39 is 0 Å². The fraction of sp³-hybridized carbons (Fsp3) is 0.105. The molecule has 0 radical (unpaired) electrons. The number of hydrogen-bond acceptors (Lipinski definition) is 2. The smallest absolute Gasteiger partial charge is 0.240 e. The Morgan fingerprint density at radius 2 is 0.952 bits per heavy atom. The molecule has 5 aromatic carbocycles. The molecule has 0 spiro atoms. The van der Waals surface area contributed by atoms with E-state index in [0.29, 0.717) is 5.39 Å². The van der Waals surface area contributed by atoms with Crippen molar-refractivity contribution in [3.8, 4) is 45.4 Å². The second-order valence-electron chi connectivity index (χ2n) is 9.42. The molecule has 0 atom stereocenters. The molecule has 0 saturated heterocycles. The van der Waals surface area contributed by atoms with Crippen LogP contribution in [0.25, 0.3) is 55.6 Å². The summed E-state index contributed by atoms with van der Waals surface area (Å²) in [5.74, 6) is -0.278. The van der Waals surface area contributed by atoms with Gasteiger partial charge in [0.2, 0.25) is 5.88 Å². The molecule has 4 nitrogen and oxygen atoms in total. The van der Waals surface area contributed by atoms with E-state index in [1.54, 1.807) is 4.57 Å². The number of nitrogens with zero attached hydrogens (tertiary/aromatic N) is 2. The zero-order valence-corrected chi connectivity index (χ0v) is 24.5. The maximum absolute atomic E-state index is 10.8. The molecule has 7 aromatic rings. The van der Waals surface area contributed by atoms with Crippen LogP contribution in [0, 0.1) is 0 Å². The van der Waals surface area contributed by atoms with Crippen molar-refractivity contribution in [1.82, 2.24) is 9.13 Å². The number of benzene rings is 5. The highest BCUT2D eigenvalue weighted by Crippen LogP contribution is 2.42. The molecule has 4 heteroatoms. The largest absolute Gasteiger partial charge is 0.503 e. The Morgan fingerprint density at radius 1 is 0.452 bits per heavy atom. The Balaban J connectivity index is 0.000000847. The van der Waals surface area contributed by atoms with Crippen LogP contribution in [0.2, 0.25) is 0 Å². The van der Waals surface area contributed by atoms with E-state index in [-0.39, 0.29) is 11.6 Å². The number of aromatic hydroxyl groups is 2. The third-order valence-electron chi connectivity index (χ3n) is 7.15. The number of para-hydroxylation sites is 2. The van der Waals surface area contributed by atoms with Gasteiger partial charge >= 0.3 is 0 Å². The minimum Gasteiger partial charge on any atom is -0.503 e. The fourth-order valence-corrected chi connectivity index (χ4v) is 5.35. The van der Waals surface area contributed by atoms with Crippen LogP contribution in [0.3, 0.4) is 0 Å². The van der Waals surface area contributed by atoms with E-state index in [1.807, 2.05) is 88.4 Å². The van der Waals surface area contributed by atoms with Gasteiger partial charge in [-0.2, -0.15) is 0 Å². The molecule has 42 heavy (non-hydrogen) atoms. The molecule has 0 aliphatic rings. The first-order valence-electron chi connectivity index (χ1n) is 14.6. The molecular weight excluding hydrogens is 516 g/mol. The van der Waals surface area contributed by atoms with Crippen LogP contribution in [0.15, 0.2) is 133 Å². The number of fused-ring (bicyclic) bond motifs is 2. The van der Waals surface area contributed by atoms with E-state index in [0.717, 1.165) is 50.2 Å². The van der Waals surface area contributed by atoms with Crippen LogP contribution < -0.4 is 0 Å². The number of aromatic nitrogens is 2. The average Bonchev–Trinajstić information content (AvgIpc) is 3.58. The van der Waals surface area contributed by atoms with Crippen LogP contribution >= 0.6 is 0 Å². The first-order valence-corrected chi connectivity index (χ1v) is 14.6. The van der Waals surface area contributed by atoms with Gasteiger partial charge in [-0.15, -0.1) is 0 Å². The summed E-state index contributed by atoms with van der Waals surface area (Å²) in [6.45, 7) is 8.00. The third-order valence-corrected chi connectivity index (χ3v) is 7.15. The van der Waals surface area contributed by atoms with Crippen molar-refractivity contribution >= 4 is 21.8 Å². The molecule has 2 heterocycles. The van der Waals surface area contributed by atoms with Gasteiger partial charge < -0.3 is 14.8 Å². The number of rotatable bonds is 4. The molecular formula is C38H36N2O2. The zero-order valence-electron chi connectivity index (χ0n) is 24.5. The lowest BCUT2D eigenvalue weighted by Gasteiger charge is -2.11. The normalized spacial score (nSPS) is 10.6. The van der Waals surface area contributed by atoms with Gasteiger partial charge in [-0.1, -0.05) is 107 Å². The molecule has 2 aromatic heterocycles. The highest BCUT2D eigenvalue weighted by Gasteiger charge is 2.18. The van der Waals surface area contributed by atoms with E-state index in [9.17, 15) is 10.2 Å². The van der Waals surface area contributed by atoms with Gasteiger partial charge in [0.1, 0.15) is 0 Å². The predicted molar refractivity (Wildman–Crippen MR) is 177 cm³/mol. The summed E-state index contributed by atoms with van der Waals surface area (Å²) >= 11 is 0. The maximum Gasteiger partial charge on any atom is 0.240 e. The summed E-state index contributed by atoms with van der Waals surface area (Å²) in [6, 6.07) is 45.0. The Labute approximate surface area is 247 Å². The maximum atomic E-state index is 10.8. The van der Waals surface area contributed by atoms with Crippen molar-refractivity contribution in [2.24, 2.45) is 0 Å². The van der Waals surface area contributed by atoms with Crippen LogP contribution in [-0.2, 0) is 0 Å².